The molecule has 0 aliphatic carbocycles. The number of benzene rings is 2. The smallest absolute Gasteiger partial charge is 0.338 e. The van der Waals surface area contributed by atoms with Crippen LogP contribution >= 0.6 is 11.3 Å². The summed E-state index contributed by atoms with van der Waals surface area (Å²) in [4.78, 5) is 28.9. The van der Waals surface area contributed by atoms with Crippen molar-refractivity contribution in [3.63, 3.8) is 0 Å². The number of amides is 1. The minimum atomic E-state index is -0.602. The van der Waals surface area contributed by atoms with E-state index in [4.69, 9.17) is 14.2 Å². The van der Waals surface area contributed by atoms with E-state index in [0.29, 0.717) is 23.7 Å². The molecule has 162 valence electrons. The molecule has 0 fully saturated rings. The molecule has 31 heavy (non-hydrogen) atoms. The molecule has 1 atom stereocenters. The number of nitrogens with zero attached hydrogens (tertiary/aromatic N) is 1. The number of para-hydroxylation sites is 1. The lowest BCUT2D eigenvalue weighted by Gasteiger charge is -2.17. The van der Waals surface area contributed by atoms with Crippen molar-refractivity contribution in [1.82, 2.24) is 10.3 Å². The van der Waals surface area contributed by atoms with Gasteiger partial charge in [-0.3, -0.25) is 4.79 Å². The number of ether oxygens (including phenoxy) is 3. The lowest BCUT2D eigenvalue weighted by Crippen LogP contribution is -2.31. The van der Waals surface area contributed by atoms with Crippen molar-refractivity contribution in [2.75, 3.05) is 13.7 Å². The van der Waals surface area contributed by atoms with Crippen molar-refractivity contribution in [1.29, 1.82) is 0 Å². The number of hydrogen-bond acceptors (Lipinski definition) is 7. The average molecular weight is 441 g/mol. The van der Waals surface area contributed by atoms with Gasteiger partial charge in [-0.15, -0.1) is 11.3 Å². The van der Waals surface area contributed by atoms with E-state index in [9.17, 15) is 9.59 Å². The third-order valence-corrected chi connectivity index (χ3v) is 5.26. The van der Waals surface area contributed by atoms with Gasteiger partial charge in [-0.2, -0.15) is 0 Å². The summed E-state index contributed by atoms with van der Waals surface area (Å²) in [6.07, 6.45) is 0. The van der Waals surface area contributed by atoms with Gasteiger partial charge in [0.15, 0.2) is 6.61 Å². The third kappa shape index (κ3) is 6.29. The Morgan fingerprint density at radius 2 is 1.97 bits per heavy atom. The first-order valence-electron chi connectivity index (χ1n) is 9.69. The van der Waals surface area contributed by atoms with Crippen LogP contribution in [0.25, 0.3) is 0 Å². The summed E-state index contributed by atoms with van der Waals surface area (Å²) in [6.45, 7) is 3.69. The number of nitrogens with one attached hydrogen (secondary N) is 1. The van der Waals surface area contributed by atoms with Crippen LogP contribution in [-0.4, -0.2) is 30.6 Å². The number of carbonyl (C=O) groups excluding carboxylic acids is 2. The zero-order valence-electron chi connectivity index (χ0n) is 17.6. The highest BCUT2D eigenvalue weighted by Crippen LogP contribution is 2.24. The third-order valence-electron chi connectivity index (χ3n) is 4.44. The molecule has 7 nitrogen and oxygen atoms in total. The van der Waals surface area contributed by atoms with Gasteiger partial charge in [0.05, 0.1) is 29.4 Å². The highest BCUT2D eigenvalue weighted by molar-refractivity contribution is 7.09. The summed E-state index contributed by atoms with van der Waals surface area (Å²) in [5.74, 6) is 0.194. The van der Waals surface area contributed by atoms with Crippen molar-refractivity contribution in [3.05, 3.63) is 75.7 Å². The summed E-state index contributed by atoms with van der Waals surface area (Å²) in [7, 11) is 1.57. The van der Waals surface area contributed by atoms with E-state index in [2.05, 4.69) is 10.3 Å². The summed E-state index contributed by atoms with van der Waals surface area (Å²) in [5.41, 5.74) is 1.97. The fraction of sp³-hybridized carbons (Fsp3) is 0.261. The molecule has 0 radical (unpaired) electrons. The largest absolute Gasteiger partial charge is 0.496 e. The number of hydrogen-bond donors (Lipinski definition) is 1. The highest BCUT2D eigenvalue weighted by Gasteiger charge is 2.16. The molecule has 1 aromatic heterocycles. The first kappa shape index (κ1) is 22.3. The Morgan fingerprint density at radius 1 is 1.16 bits per heavy atom. The summed E-state index contributed by atoms with van der Waals surface area (Å²) in [6, 6.07) is 13.7. The van der Waals surface area contributed by atoms with E-state index in [1.54, 1.807) is 42.7 Å². The zero-order chi connectivity index (χ0) is 22.2. The van der Waals surface area contributed by atoms with Crippen molar-refractivity contribution in [2.45, 2.75) is 26.5 Å². The van der Waals surface area contributed by atoms with Crippen LogP contribution in [0.4, 0.5) is 0 Å². The predicted octanol–water partition coefficient (Wildman–Crippen LogP) is 4.07. The van der Waals surface area contributed by atoms with Gasteiger partial charge < -0.3 is 19.5 Å². The number of aryl methyl sites for hydroxylation is 1. The minimum absolute atomic E-state index is 0.298. The van der Waals surface area contributed by atoms with Crippen molar-refractivity contribution >= 4 is 23.2 Å². The molecule has 1 unspecified atom stereocenters. The second-order valence-corrected chi connectivity index (χ2v) is 7.84. The van der Waals surface area contributed by atoms with Gasteiger partial charge in [0, 0.05) is 10.9 Å². The molecule has 3 rings (SSSR count). The van der Waals surface area contributed by atoms with E-state index in [0.717, 1.165) is 16.3 Å². The number of methoxy groups -OCH3 is 1. The van der Waals surface area contributed by atoms with Crippen LogP contribution in [-0.2, 0) is 16.1 Å². The Hall–Kier alpha value is -3.39. The fourth-order valence-corrected chi connectivity index (χ4v) is 3.54. The highest BCUT2D eigenvalue weighted by atomic mass is 32.1. The molecule has 0 saturated heterocycles. The second-order valence-electron chi connectivity index (χ2n) is 6.78. The van der Waals surface area contributed by atoms with Crippen LogP contribution in [0.5, 0.6) is 11.5 Å². The van der Waals surface area contributed by atoms with Crippen molar-refractivity contribution in [3.8, 4) is 11.5 Å². The molecule has 8 heteroatoms. The molecule has 1 N–H and O–H groups in total. The predicted molar refractivity (Wildman–Crippen MR) is 117 cm³/mol. The van der Waals surface area contributed by atoms with Crippen LogP contribution in [0.3, 0.4) is 0 Å². The number of carbonyl (C=O) groups is 2. The van der Waals surface area contributed by atoms with Gasteiger partial charge >= 0.3 is 5.97 Å². The Bertz CT molecular complexity index is 1050. The van der Waals surface area contributed by atoms with E-state index in [1.165, 1.54) is 0 Å². The lowest BCUT2D eigenvalue weighted by molar-refractivity contribution is -0.124. The first-order valence-corrected chi connectivity index (χ1v) is 10.6. The summed E-state index contributed by atoms with van der Waals surface area (Å²) < 4.78 is 16.2. The lowest BCUT2D eigenvalue weighted by atomic mass is 10.1. The first-order chi connectivity index (χ1) is 15.0. The second kappa shape index (κ2) is 10.6. The van der Waals surface area contributed by atoms with Crippen molar-refractivity contribution in [2.24, 2.45) is 0 Å². The maximum Gasteiger partial charge on any atom is 0.338 e. The van der Waals surface area contributed by atoms with E-state index in [-0.39, 0.29) is 12.6 Å². The Balaban J connectivity index is 1.51. The zero-order valence-corrected chi connectivity index (χ0v) is 18.4. The summed E-state index contributed by atoms with van der Waals surface area (Å²) >= 11 is 1.55. The van der Waals surface area contributed by atoms with Gasteiger partial charge in [-0.05, 0) is 38.1 Å². The molecular formula is C23H24N2O5S. The maximum absolute atomic E-state index is 12.3. The van der Waals surface area contributed by atoms with Gasteiger partial charge in [-0.1, -0.05) is 24.3 Å². The molecule has 0 saturated carbocycles. The molecule has 0 spiro atoms. The van der Waals surface area contributed by atoms with Crippen LogP contribution in [0.2, 0.25) is 0 Å². The topological polar surface area (TPSA) is 86.8 Å². The standard InChI is InChI=1S/C23H24N2O5S/c1-15(20-9-4-5-10-21(20)28-3)24-22(26)13-30-23(27)17-7-6-8-19(11-17)29-12-18-14-31-16(2)25-18/h4-11,14-15H,12-13H2,1-3H3,(H,24,26). The normalized spacial score (nSPS) is 11.5. The molecular weight excluding hydrogens is 416 g/mol. The number of thiazole rings is 1. The van der Waals surface area contributed by atoms with E-state index >= 15 is 0 Å². The quantitative estimate of drug-likeness (QED) is 0.505. The SMILES string of the molecule is COc1ccccc1C(C)NC(=O)COC(=O)c1cccc(OCc2csc(C)n2)c1. The maximum atomic E-state index is 12.3. The van der Waals surface area contributed by atoms with Gasteiger partial charge in [-0.25, -0.2) is 9.78 Å². The van der Waals surface area contributed by atoms with Crippen LogP contribution in [0.15, 0.2) is 53.9 Å². The molecule has 0 aliphatic rings. The molecule has 1 heterocycles. The van der Waals surface area contributed by atoms with Crippen molar-refractivity contribution < 1.29 is 23.8 Å². The number of esters is 1. The summed E-state index contributed by atoms with van der Waals surface area (Å²) in [5, 5.41) is 5.70. The molecule has 1 amide bonds. The average Bonchev–Trinajstić information content (AvgIpc) is 3.21. The molecule has 2 aromatic carbocycles. The Kier molecular flexibility index (Phi) is 7.61. The van der Waals surface area contributed by atoms with E-state index in [1.807, 2.05) is 43.5 Å². The number of rotatable bonds is 9. The van der Waals surface area contributed by atoms with Crippen LogP contribution < -0.4 is 14.8 Å². The van der Waals surface area contributed by atoms with Gasteiger partial charge in [0.2, 0.25) is 0 Å². The fourth-order valence-electron chi connectivity index (χ4n) is 2.94. The number of aromatic nitrogens is 1. The van der Waals surface area contributed by atoms with E-state index < -0.39 is 11.9 Å². The molecule has 3 aromatic rings. The van der Waals surface area contributed by atoms with Gasteiger partial charge in [0.25, 0.3) is 5.91 Å². The molecule has 0 bridgehead atoms. The van der Waals surface area contributed by atoms with Gasteiger partial charge in [0.1, 0.15) is 18.1 Å². The van der Waals surface area contributed by atoms with Crippen LogP contribution in [0.1, 0.15) is 39.6 Å². The Labute approximate surface area is 185 Å². The van der Waals surface area contributed by atoms with Crippen LogP contribution in [0, 0.1) is 6.92 Å². The minimum Gasteiger partial charge on any atom is -0.496 e. The molecule has 0 aliphatic heterocycles. The Morgan fingerprint density at radius 3 is 2.71 bits per heavy atom. The monoisotopic (exact) mass is 440 g/mol.